The van der Waals surface area contributed by atoms with Crippen LogP contribution >= 0.6 is 0 Å². The lowest BCUT2D eigenvalue weighted by atomic mass is 9.83. The van der Waals surface area contributed by atoms with Crippen molar-refractivity contribution < 1.29 is 0 Å². The Bertz CT molecular complexity index is 370. The van der Waals surface area contributed by atoms with Crippen LogP contribution in [-0.4, -0.2) is 6.04 Å². The largest absolute Gasteiger partial charge is 0.310 e. The molecule has 0 amide bonds. The first kappa shape index (κ1) is 14.6. The zero-order valence-corrected chi connectivity index (χ0v) is 12.8. The van der Waals surface area contributed by atoms with Crippen LogP contribution in [0.15, 0.2) is 18.2 Å². The van der Waals surface area contributed by atoms with Crippen LogP contribution in [0, 0.1) is 19.8 Å². The van der Waals surface area contributed by atoms with Crippen molar-refractivity contribution in [3.63, 3.8) is 0 Å². The predicted molar refractivity (Wildman–Crippen MR) is 83.4 cm³/mol. The van der Waals surface area contributed by atoms with Crippen molar-refractivity contribution in [1.82, 2.24) is 5.32 Å². The summed E-state index contributed by atoms with van der Waals surface area (Å²) in [5.41, 5.74) is 4.34. The molecule has 1 aromatic carbocycles. The molecule has 1 aliphatic carbocycles. The zero-order valence-electron chi connectivity index (χ0n) is 12.8. The third-order valence-corrected chi connectivity index (χ3v) is 4.84. The van der Waals surface area contributed by atoms with E-state index in [1.54, 1.807) is 0 Å². The van der Waals surface area contributed by atoms with Crippen LogP contribution in [0.3, 0.4) is 0 Å². The van der Waals surface area contributed by atoms with Crippen LogP contribution in [0.25, 0.3) is 0 Å². The summed E-state index contributed by atoms with van der Waals surface area (Å²) in [6.07, 6.45) is 8.44. The van der Waals surface area contributed by atoms with Gasteiger partial charge in [-0.25, -0.2) is 0 Å². The Balaban J connectivity index is 1.95. The maximum Gasteiger partial charge on any atom is 0.0213 e. The van der Waals surface area contributed by atoms with E-state index in [0.717, 1.165) is 12.5 Å². The fourth-order valence-corrected chi connectivity index (χ4v) is 3.54. The lowest BCUT2D eigenvalue weighted by molar-refractivity contribution is 0.261. The summed E-state index contributed by atoms with van der Waals surface area (Å²) in [6, 6.07) is 7.32. The molecule has 1 nitrogen and oxygen atoms in total. The zero-order chi connectivity index (χ0) is 13.7. The standard InChI is InChI=1S/C18H29N/c1-4-18(16-11-6-5-7-12-16)19-13-17-14(2)9-8-10-15(17)3/h8-10,16,18-19H,4-7,11-13H2,1-3H3. The van der Waals surface area contributed by atoms with E-state index in [1.165, 1.54) is 55.2 Å². The molecular weight excluding hydrogens is 230 g/mol. The van der Waals surface area contributed by atoms with Crippen molar-refractivity contribution in [2.45, 2.75) is 71.9 Å². The molecule has 0 heterocycles. The summed E-state index contributed by atoms with van der Waals surface area (Å²) in [5.74, 6) is 0.906. The monoisotopic (exact) mass is 259 g/mol. The lowest BCUT2D eigenvalue weighted by Crippen LogP contribution is -2.36. The first-order valence-electron chi connectivity index (χ1n) is 8.00. The SMILES string of the molecule is CCC(NCc1c(C)cccc1C)C1CCCCC1. The highest BCUT2D eigenvalue weighted by Crippen LogP contribution is 2.28. The van der Waals surface area contributed by atoms with Gasteiger partial charge in [0.15, 0.2) is 0 Å². The number of rotatable bonds is 5. The molecule has 0 saturated heterocycles. The molecule has 1 aromatic rings. The van der Waals surface area contributed by atoms with E-state index in [1.807, 2.05) is 0 Å². The Kier molecular flexibility index (Phi) is 5.45. The highest BCUT2D eigenvalue weighted by molar-refractivity contribution is 5.33. The van der Waals surface area contributed by atoms with Crippen LogP contribution in [0.4, 0.5) is 0 Å². The molecule has 0 aliphatic heterocycles. The number of nitrogens with one attached hydrogen (secondary N) is 1. The molecule has 0 aromatic heterocycles. The van der Waals surface area contributed by atoms with Crippen molar-refractivity contribution in [3.8, 4) is 0 Å². The van der Waals surface area contributed by atoms with Gasteiger partial charge in [-0.15, -0.1) is 0 Å². The Hall–Kier alpha value is -0.820. The Morgan fingerprint density at radius 3 is 2.32 bits per heavy atom. The minimum atomic E-state index is 0.708. The molecule has 1 unspecified atom stereocenters. The lowest BCUT2D eigenvalue weighted by Gasteiger charge is -2.30. The van der Waals surface area contributed by atoms with Gasteiger partial charge < -0.3 is 5.32 Å². The fourth-order valence-electron chi connectivity index (χ4n) is 3.54. The Morgan fingerprint density at radius 2 is 1.74 bits per heavy atom. The normalized spacial score (nSPS) is 18.5. The predicted octanol–water partition coefficient (Wildman–Crippen LogP) is 4.75. The second-order valence-corrected chi connectivity index (χ2v) is 6.16. The van der Waals surface area contributed by atoms with Crippen molar-refractivity contribution in [2.24, 2.45) is 5.92 Å². The van der Waals surface area contributed by atoms with E-state index < -0.39 is 0 Å². The van der Waals surface area contributed by atoms with Gasteiger partial charge in [0.05, 0.1) is 0 Å². The highest BCUT2D eigenvalue weighted by Gasteiger charge is 2.21. The van der Waals surface area contributed by atoms with E-state index in [4.69, 9.17) is 0 Å². The minimum Gasteiger partial charge on any atom is -0.310 e. The molecule has 19 heavy (non-hydrogen) atoms. The summed E-state index contributed by atoms with van der Waals surface area (Å²) in [6.45, 7) is 7.82. The smallest absolute Gasteiger partial charge is 0.0213 e. The second-order valence-electron chi connectivity index (χ2n) is 6.16. The van der Waals surface area contributed by atoms with E-state index in [0.29, 0.717) is 6.04 Å². The van der Waals surface area contributed by atoms with Crippen LogP contribution in [0.5, 0.6) is 0 Å². The summed E-state index contributed by atoms with van der Waals surface area (Å²) in [7, 11) is 0. The van der Waals surface area contributed by atoms with E-state index in [-0.39, 0.29) is 0 Å². The van der Waals surface area contributed by atoms with Crippen LogP contribution < -0.4 is 5.32 Å². The maximum absolute atomic E-state index is 3.84. The molecule has 1 heteroatoms. The molecular formula is C18H29N. The van der Waals surface area contributed by atoms with Crippen LogP contribution in [-0.2, 0) is 6.54 Å². The quantitative estimate of drug-likeness (QED) is 0.804. The van der Waals surface area contributed by atoms with Crippen molar-refractivity contribution >= 4 is 0 Å². The topological polar surface area (TPSA) is 12.0 Å². The molecule has 1 saturated carbocycles. The van der Waals surface area contributed by atoms with Crippen molar-refractivity contribution in [2.75, 3.05) is 0 Å². The van der Waals surface area contributed by atoms with Crippen molar-refractivity contribution in [3.05, 3.63) is 34.9 Å². The molecule has 2 rings (SSSR count). The maximum atomic E-state index is 3.84. The van der Waals surface area contributed by atoms with Crippen molar-refractivity contribution in [1.29, 1.82) is 0 Å². The number of aryl methyl sites for hydroxylation is 2. The number of hydrogen-bond donors (Lipinski definition) is 1. The average Bonchev–Trinajstić information content (AvgIpc) is 2.43. The third-order valence-electron chi connectivity index (χ3n) is 4.84. The molecule has 1 fully saturated rings. The summed E-state index contributed by atoms with van der Waals surface area (Å²) in [5, 5.41) is 3.84. The highest BCUT2D eigenvalue weighted by atomic mass is 14.9. The van der Waals surface area contributed by atoms with E-state index in [9.17, 15) is 0 Å². The molecule has 0 radical (unpaired) electrons. The van der Waals surface area contributed by atoms with Gasteiger partial charge in [0.2, 0.25) is 0 Å². The van der Waals surface area contributed by atoms with Crippen LogP contribution in [0.1, 0.15) is 62.1 Å². The third kappa shape index (κ3) is 3.82. The molecule has 1 atom stereocenters. The molecule has 1 aliphatic rings. The van der Waals surface area contributed by atoms with Gasteiger partial charge in [-0.2, -0.15) is 0 Å². The Morgan fingerprint density at radius 1 is 1.11 bits per heavy atom. The molecule has 1 N–H and O–H groups in total. The van der Waals surface area contributed by atoms with Gasteiger partial charge in [0, 0.05) is 12.6 Å². The first-order chi connectivity index (χ1) is 9.22. The van der Waals surface area contributed by atoms with E-state index in [2.05, 4.69) is 44.3 Å². The summed E-state index contributed by atoms with van der Waals surface area (Å²) >= 11 is 0. The molecule has 106 valence electrons. The van der Waals surface area contributed by atoms with Gasteiger partial charge in [-0.1, -0.05) is 44.4 Å². The van der Waals surface area contributed by atoms with Crippen LogP contribution in [0.2, 0.25) is 0 Å². The molecule has 0 spiro atoms. The minimum absolute atomic E-state index is 0.708. The average molecular weight is 259 g/mol. The van der Waals surface area contributed by atoms with Gasteiger partial charge in [0.25, 0.3) is 0 Å². The Labute approximate surface area is 118 Å². The summed E-state index contributed by atoms with van der Waals surface area (Å²) < 4.78 is 0. The summed E-state index contributed by atoms with van der Waals surface area (Å²) in [4.78, 5) is 0. The van der Waals surface area contributed by atoms with E-state index >= 15 is 0 Å². The van der Waals surface area contributed by atoms with Gasteiger partial charge in [-0.05, 0) is 55.7 Å². The molecule has 0 bridgehead atoms. The second kappa shape index (κ2) is 7.09. The van der Waals surface area contributed by atoms with Gasteiger partial charge >= 0.3 is 0 Å². The number of benzene rings is 1. The van der Waals surface area contributed by atoms with Gasteiger partial charge in [0.1, 0.15) is 0 Å². The number of hydrogen-bond acceptors (Lipinski definition) is 1. The first-order valence-corrected chi connectivity index (χ1v) is 8.00. The fraction of sp³-hybridized carbons (Fsp3) is 0.667. The van der Waals surface area contributed by atoms with Gasteiger partial charge in [-0.3, -0.25) is 0 Å².